The number of carbonyl (C=O) groups excluding carboxylic acids is 1. The summed E-state index contributed by atoms with van der Waals surface area (Å²) >= 11 is 0. The molecule has 2 N–H and O–H groups in total. The molecule has 4 rings (SSSR count). The molecule has 5 nitrogen and oxygen atoms in total. The zero-order valence-corrected chi connectivity index (χ0v) is 16.9. The molecule has 2 fully saturated rings. The van der Waals surface area contributed by atoms with E-state index >= 15 is 0 Å². The quantitative estimate of drug-likeness (QED) is 0.804. The lowest BCUT2D eigenvalue weighted by Crippen LogP contribution is -2.37. The van der Waals surface area contributed by atoms with Crippen molar-refractivity contribution in [3.8, 4) is 0 Å². The molecule has 0 radical (unpaired) electrons. The standard InChI is InChI=1S/C23H32N4O/c1-17-22(26-16-25-17)12-24-23(28)21-15-27(13-18-8-4-2-5-9-18)14-20(21)19-10-6-3-7-11-19/h2,4-5,8-9,16,19-21H,3,6-7,10-15H2,1H3,(H,24,28)(H,25,26)/t20-,21+/m0/s1. The fraction of sp³-hybridized carbons (Fsp3) is 0.565. The second-order valence-corrected chi connectivity index (χ2v) is 8.54. The van der Waals surface area contributed by atoms with Crippen molar-refractivity contribution in [2.45, 2.75) is 52.1 Å². The van der Waals surface area contributed by atoms with Crippen molar-refractivity contribution in [2.24, 2.45) is 17.8 Å². The molecule has 2 heterocycles. The lowest BCUT2D eigenvalue weighted by molar-refractivity contribution is -0.126. The highest BCUT2D eigenvalue weighted by atomic mass is 16.2. The first kappa shape index (κ1) is 19.2. The van der Waals surface area contributed by atoms with E-state index < -0.39 is 0 Å². The third kappa shape index (κ3) is 4.46. The van der Waals surface area contributed by atoms with Crippen molar-refractivity contribution in [2.75, 3.05) is 13.1 Å². The molecule has 1 saturated heterocycles. The Morgan fingerprint density at radius 2 is 1.96 bits per heavy atom. The second-order valence-electron chi connectivity index (χ2n) is 8.54. The van der Waals surface area contributed by atoms with Crippen LogP contribution in [-0.2, 0) is 17.9 Å². The van der Waals surface area contributed by atoms with Crippen LogP contribution in [0.2, 0.25) is 0 Å². The number of H-pyrrole nitrogens is 1. The number of amides is 1. The first-order valence-corrected chi connectivity index (χ1v) is 10.7. The maximum Gasteiger partial charge on any atom is 0.225 e. The summed E-state index contributed by atoms with van der Waals surface area (Å²) in [5, 5.41) is 3.17. The summed E-state index contributed by atoms with van der Waals surface area (Å²) in [6.07, 6.45) is 8.25. The number of likely N-dealkylation sites (tertiary alicyclic amines) is 1. The van der Waals surface area contributed by atoms with Crippen molar-refractivity contribution >= 4 is 5.91 Å². The normalized spacial score (nSPS) is 23.8. The van der Waals surface area contributed by atoms with Crippen LogP contribution in [0.1, 0.15) is 49.1 Å². The molecule has 5 heteroatoms. The summed E-state index contributed by atoms with van der Waals surface area (Å²) in [7, 11) is 0. The molecule has 150 valence electrons. The highest BCUT2D eigenvalue weighted by Gasteiger charge is 2.41. The summed E-state index contributed by atoms with van der Waals surface area (Å²) in [4.78, 5) is 23.0. The van der Waals surface area contributed by atoms with E-state index in [0.717, 1.165) is 31.0 Å². The number of imidazole rings is 1. The van der Waals surface area contributed by atoms with Crippen LogP contribution in [0.5, 0.6) is 0 Å². The summed E-state index contributed by atoms with van der Waals surface area (Å²) in [5.41, 5.74) is 3.29. The van der Waals surface area contributed by atoms with E-state index in [4.69, 9.17) is 0 Å². The largest absolute Gasteiger partial charge is 0.350 e. The minimum atomic E-state index is 0.0889. The predicted molar refractivity (Wildman–Crippen MR) is 110 cm³/mol. The zero-order chi connectivity index (χ0) is 19.3. The van der Waals surface area contributed by atoms with Gasteiger partial charge < -0.3 is 10.3 Å². The highest BCUT2D eigenvalue weighted by Crippen LogP contribution is 2.38. The minimum absolute atomic E-state index is 0.0889. The molecule has 1 aliphatic heterocycles. The zero-order valence-electron chi connectivity index (χ0n) is 16.9. The predicted octanol–water partition coefficient (Wildman–Crippen LogP) is 3.66. The molecule has 0 spiro atoms. The Labute approximate surface area is 167 Å². The first-order valence-electron chi connectivity index (χ1n) is 10.7. The van der Waals surface area contributed by atoms with Gasteiger partial charge in [-0.2, -0.15) is 0 Å². The molecule has 2 aromatic rings. The average molecular weight is 381 g/mol. The Kier molecular flexibility index (Phi) is 6.10. The van der Waals surface area contributed by atoms with Crippen LogP contribution in [0, 0.1) is 24.7 Å². The van der Waals surface area contributed by atoms with Crippen LogP contribution in [0.25, 0.3) is 0 Å². The fourth-order valence-electron chi connectivity index (χ4n) is 5.07. The van der Waals surface area contributed by atoms with Crippen molar-refractivity contribution in [3.63, 3.8) is 0 Å². The van der Waals surface area contributed by atoms with E-state index in [0.29, 0.717) is 18.4 Å². The van der Waals surface area contributed by atoms with E-state index in [-0.39, 0.29) is 11.8 Å². The molecule has 2 atom stereocenters. The summed E-state index contributed by atoms with van der Waals surface area (Å²) in [6.45, 7) is 5.35. The highest BCUT2D eigenvalue weighted by molar-refractivity contribution is 5.79. The topological polar surface area (TPSA) is 61.0 Å². The molecule has 0 bridgehead atoms. The third-order valence-electron chi connectivity index (χ3n) is 6.65. The first-order chi connectivity index (χ1) is 13.7. The van der Waals surface area contributed by atoms with E-state index in [9.17, 15) is 4.79 Å². The number of nitrogens with zero attached hydrogens (tertiary/aromatic N) is 2. The molecule has 1 aromatic heterocycles. The number of aryl methyl sites for hydroxylation is 1. The third-order valence-corrected chi connectivity index (χ3v) is 6.65. The van der Waals surface area contributed by atoms with E-state index in [1.54, 1.807) is 6.33 Å². The number of carbonyl (C=O) groups is 1. The van der Waals surface area contributed by atoms with Crippen LogP contribution in [0.3, 0.4) is 0 Å². The number of nitrogens with one attached hydrogen (secondary N) is 2. The van der Waals surface area contributed by atoms with Gasteiger partial charge in [-0.3, -0.25) is 9.69 Å². The SMILES string of the molecule is Cc1[nH]cnc1CNC(=O)[C@@H]1CN(Cc2ccccc2)C[C@H]1C1CCCCC1. The maximum absolute atomic E-state index is 13.1. The van der Waals surface area contributed by atoms with Gasteiger partial charge in [0.05, 0.1) is 24.5 Å². The van der Waals surface area contributed by atoms with Gasteiger partial charge in [0.2, 0.25) is 5.91 Å². The van der Waals surface area contributed by atoms with Crippen molar-refractivity contribution in [1.82, 2.24) is 20.2 Å². The van der Waals surface area contributed by atoms with Crippen LogP contribution in [0.15, 0.2) is 36.7 Å². The van der Waals surface area contributed by atoms with Gasteiger partial charge in [-0.1, -0.05) is 62.4 Å². The van der Waals surface area contributed by atoms with Gasteiger partial charge in [0.25, 0.3) is 0 Å². The Morgan fingerprint density at radius 3 is 2.68 bits per heavy atom. The summed E-state index contributed by atoms with van der Waals surface area (Å²) in [6, 6.07) is 10.6. The lowest BCUT2D eigenvalue weighted by atomic mass is 9.75. The molecule has 1 saturated carbocycles. The van der Waals surface area contributed by atoms with Gasteiger partial charge in [0, 0.05) is 25.3 Å². The van der Waals surface area contributed by atoms with Gasteiger partial charge >= 0.3 is 0 Å². The Hall–Kier alpha value is -2.14. The van der Waals surface area contributed by atoms with Crippen molar-refractivity contribution in [1.29, 1.82) is 0 Å². The molecule has 1 aromatic carbocycles. The Morgan fingerprint density at radius 1 is 1.18 bits per heavy atom. The minimum Gasteiger partial charge on any atom is -0.350 e. The second kappa shape index (κ2) is 8.91. The fourth-order valence-corrected chi connectivity index (χ4v) is 5.07. The number of hydrogen-bond acceptors (Lipinski definition) is 3. The molecule has 0 unspecified atom stereocenters. The van der Waals surface area contributed by atoms with Crippen LogP contribution in [0.4, 0.5) is 0 Å². The van der Waals surface area contributed by atoms with E-state index in [1.807, 2.05) is 6.92 Å². The smallest absolute Gasteiger partial charge is 0.225 e. The summed E-state index contributed by atoms with van der Waals surface area (Å²) in [5.74, 6) is 1.46. The molecule has 1 amide bonds. The average Bonchev–Trinajstić information content (AvgIpc) is 3.34. The monoisotopic (exact) mass is 380 g/mol. The van der Waals surface area contributed by atoms with Crippen LogP contribution >= 0.6 is 0 Å². The van der Waals surface area contributed by atoms with Gasteiger partial charge in [-0.25, -0.2) is 4.98 Å². The molecular formula is C23H32N4O. The van der Waals surface area contributed by atoms with Crippen molar-refractivity contribution in [3.05, 3.63) is 53.6 Å². The van der Waals surface area contributed by atoms with Gasteiger partial charge in [0.15, 0.2) is 0 Å². The number of aromatic nitrogens is 2. The molecule has 28 heavy (non-hydrogen) atoms. The van der Waals surface area contributed by atoms with Crippen LogP contribution in [-0.4, -0.2) is 33.9 Å². The number of rotatable bonds is 6. The number of benzene rings is 1. The Balaban J connectivity index is 1.43. The lowest BCUT2D eigenvalue weighted by Gasteiger charge is -2.30. The van der Waals surface area contributed by atoms with E-state index in [1.165, 1.54) is 37.7 Å². The molecular weight excluding hydrogens is 348 g/mol. The summed E-state index contributed by atoms with van der Waals surface area (Å²) < 4.78 is 0. The number of hydrogen-bond donors (Lipinski definition) is 2. The van der Waals surface area contributed by atoms with Gasteiger partial charge in [-0.15, -0.1) is 0 Å². The molecule has 2 aliphatic rings. The van der Waals surface area contributed by atoms with Crippen LogP contribution < -0.4 is 5.32 Å². The van der Waals surface area contributed by atoms with E-state index in [2.05, 4.69) is 50.5 Å². The van der Waals surface area contributed by atoms with Gasteiger partial charge in [-0.05, 0) is 24.3 Å². The Bertz CT molecular complexity index is 766. The number of aromatic amines is 1. The van der Waals surface area contributed by atoms with Crippen molar-refractivity contribution < 1.29 is 4.79 Å². The van der Waals surface area contributed by atoms with Gasteiger partial charge in [0.1, 0.15) is 0 Å². The maximum atomic E-state index is 13.1. The molecule has 1 aliphatic carbocycles.